The first-order chi connectivity index (χ1) is 9.99. The molecule has 0 aromatic heterocycles. The molecule has 0 heterocycles. The molecule has 1 aromatic carbocycles. The largest absolute Gasteiger partial charge is 0.376 e. The van der Waals surface area contributed by atoms with Gasteiger partial charge in [-0.2, -0.15) is 0 Å². The van der Waals surface area contributed by atoms with Crippen molar-refractivity contribution >= 4 is 0 Å². The fourth-order valence-electron chi connectivity index (χ4n) is 4.63. The minimum Gasteiger partial charge on any atom is -0.376 e. The molecule has 2 nitrogen and oxygen atoms in total. The number of likely N-dealkylation sites (N-methyl/N-ethyl adjacent to an activating group) is 1. The number of nitrogens with one attached hydrogen (secondary N) is 1. The molecule has 1 aromatic rings. The third-order valence-corrected chi connectivity index (χ3v) is 6.73. The Morgan fingerprint density at radius 3 is 2.48 bits per heavy atom. The summed E-state index contributed by atoms with van der Waals surface area (Å²) in [7, 11) is 2.02. The lowest BCUT2D eigenvalue weighted by molar-refractivity contribution is -0.0532. The van der Waals surface area contributed by atoms with Crippen LogP contribution in [0.15, 0.2) is 30.3 Å². The zero-order chi connectivity index (χ0) is 15.1. The van der Waals surface area contributed by atoms with Crippen molar-refractivity contribution in [2.45, 2.75) is 52.2 Å². The van der Waals surface area contributed by atoms with E-state index in [0.717, 1.165) is 12.5 Å². The molecule has 3 rings (SSSR count). The molecule has 2 saturated carbocycles. The highest BCUT2D eigenvalue weighted by molar-refractivity contribution is 5.19. The minimum atomic E-state index is 0.289. The van der Waals surface area contributed by atoms with E-state index in [4.69, 9.17) is 4.74 Å². The van der Waals surface area contributed by atoms with Gasteiger partial charge in [-0.05, 0) is 48.6 Å². The number of ether oxygens (including phenoxy) is 1. The van der Waals surface area contributed by atoms with Crippen LogP contribution in [0.4, 0.5) is 0 Å². The van der Waals surface area contributed by atoms with Crippen LogP contribution in [0.25, 0.3) is 0 Å². The summed E-state index contributed by atoms with van der Waals surface area (Å²) in [4.78, 5) is 0. The van der Waals surface area contributed by atoms with Crippen LogP contribution in [-0.4, -0.2) is 19.8 Å². The van der Waals surface area contributed by atoms with Gasteiger partial charge in [0.15, 0.2) is 0 Å². The van der Waals surface area contributed by atoms with E-state index in [-0.39, 0.29) is 6.04 Å². The summed E-state index contributed by atoms with van der Waals surface area (Å²) in [6, 6.07) is 10.9. The van der Waals surface area contributed by atoms with Crippen LogP contribution in [0, 0.1) is 16.7 Å². The van der Waals surface area contributed by atoms with Crippen molar-refractivity contribution in [3.05, 3.63) is 35.9 Å². The molecule has 4 atom stereocenters. The van der Waals surface area contributed by atoms with E-state index >= 15 is 0 Å². The van der Waals surface area contributed by atoms with E-state index in [2.05, 4.69) is 56.4 Å². The second-order valence-corrected chi connectivity index (χ2v) is 7.68. The summed E-state index contributed by atoms with van der Waals surface area (Å²) in [5.74, 6) is 0.845. The SMILES string of the molecule is CNC(COC1CC2CCC1(C)C2(C)C)c1ccccc1. The molecule has 1 N–H and O–H groups in total. The lowest BCUT2D eigenvalue weighted by atomic mass is 9.70. The maximum atomic E-state index is 6.42. The van der Waals surface area contributed by atoms with E-state index in [0.29, 0.717) is 16.9 Å². The van der Waals surface area contributed by atoms with Gasteiger partial charge >= 0.3 is 0 Å². The summed E-state index contributed by atoms with van der Waals surface area (Å²) in [5.41, 5.74) is 2.10. The number of fused-ring (bicyclic) bond motifs is 2. The van der Waals surface area contributed by atoms with Crippen LogP contribution < -0.4 is 5.32 Å². The van der Waals surface area contributed by atoms with Crippen molar-refractivity contribution in [3.8, 4) is 0 Å². The van der Waals surface area contributed by atoms with Crippen LogP contribution in [0.1, 0.15) is 51.6 Å². The number of hydrogen-bond donors (Lipinski definition) is 1. The Morgan fingerprint density at radius 2 is 1.95 bits per heavy atom. The topological polar surface area (TPSA) is 21.3 Å². The average Bonchev–Trinajstić information content (AvgIpc) is 2.82. The van der Waals surface area contributed by atoms with E-state index in [1.807, 2.05) is 7.05 Å². The molecule has 0 aliphatic heterocycles. The first-order valence-corrected chi connectivity index (χ1v) is 8.33. The normalized spacial score (nSPS) is 35.0. The van der Waals surface area contributed by atoms with Crippen LogP contribution >= 0.6 is 0 Å². The maximum Gasteiger partial charge on any atom is 0.0665 e. The highest BCUT2D eigenvalue weighted by atomic mass is 16.5. The third kappa shape index (κ3) is 2.33. The molecule has 0 saturated heterocycles. The maximum absolute atomic E-state index is 6.42. The third-order valence-electron chi connectivity index (χ3n) is 6.73. The zero-order valence-corrected chi connectivity index (χ0v) is 13.9. The molecule has 2 heteroatoms. The number of hydrogen-bond acceptors (Lipinski definition) is 2. The molecular formula is C19H29NO. The Morgan fingerprint density at radius 1 is 1.24 bits per heavy atom. The van der Waals surface area contributed by atoms with Gasteiger partial charge in [0, 0.05) is 0 Å². The van der Waals surface area contributed by atoms with Gasteiger partial charge in [0.1, 0.15) is 0 Å². The summed E-state index contributed by atoms with van der Waals surface area (Å²) in [5, 5.41) is 3.39. The lowest BCUT2D eigenvalue weighted by Crippen LogP contribution is -2.38. The standard InChI is InChI=1S/C19H29NO/c1-18(2)15-10-11-19(18,3)17(12-15)21-13-16(20-4)14-8-6-5-7-9-14/h5-9,15-17,20H,10-13H2,1-4H3. The summed E-state index contributed by atoms with van der Waals surface area (Å²) < 4.78 is 6.42. The molecule has 0 amide bonds. The van der Waals surface area contributed by atoms with E-state index in [1.54, 1.807) is 0 Å². The van der Waals surface area contributed by atoms with Crippen molar-refractivity contribution in [3.63, 3.8) is 0 Å². The minimum absolute atomic E-state index is 0.289. The first kappa shape index (κ1) is 15.1. The quantitative estimate of drug-likeness (QED) is 0.877. The second-order valence-electron chi connectivity index (χ2n) is 7.68. The Bertz CT molecular complexity index is 484. The van der Waals surface area contributed by atoms with E-state index < -0.39 is 0 Å². The van der Waals surface area contributed by atoms with Gasteiger partial charge in [-0.3, -0.25) is 0 Å². The average molecular weight is 287 g/mol. The zero-order valence-electron chi connectivity index (χ0n) is 13.9. The summed E-state index contributed by atoms with van der Waals surface area (Å²) in [6.07, 6.45) is 4.38. The van der Waals surface area contributed by atoms with Gasteiger partial charge < -0.3 is 10.1 Å². The molecule has 2 bridgehead atoms. The Balaban J connectivity index is 1.66. The lowest BCUT2D eigenvalue weighted by Gasteiger charge is -2.39. The van der Waals surface area contributed by atoms with Crippen LogP contribution in [0.2, 0.25) is 0 Å². The summed E-state index contributed by atoms with van der Waals surface area (Å²) >= 11 is 0. The molecular weight excluding hydrogens is 258 g/mol. The Hall–Kier alpha value is -0.860. The van der Waals surface area contributed by atoms with Gasteiger partial charge in [0.25, 0.3) is 0 Å². The summed E-state index contributed by atoms with van der Waals surface area (Å²) in [6.45, 7) is 8.10. The molecule has 2 aliphatic rings. The van der Waals surface area contributed by atoms with Crippen molar-refractivity contribution < 1.29 is 4.74 Å². The number of rotatable bonds is 5. The van der Waals surface area contributed by atoms with Gasteiger partial charge in [-0.1, -0.05) is 51.1 Å². The fourth-order valence-corrected chi connectivity index (χ4v) is 4.63. The molecule has 2 aliphatic carbocycles. The van der Waals surface area contributed by atoms with Gasteiger partial charge in [0.2, 0.25) is 0 Å². The molecule has 2 fully saturated rings. The Labute approximate surface area is 129 Å². The van der Waals surface area contributed by atoms with Crippen LogP contribution in [0.5, 0.6) is 0 Å². The second kappa shape index (κ2) is 5.40. The van der Waals surface area contributed by atoms with E-state index in [1.165, 1.54) is 24.8 Å². The molecule has 21 heavy (non-hydrogen) atoms. The van der Waals surface area contributed by atoms with Gasteiger partial charge in [-0.25, -0.2) is 0 Å². The Kier molecular flexibility index (Phi) is 3.87. The van der Waals surface area contributed by atoms with Crippen LogP contribution in [-0.2, 0) is 4.74 Å². The highest BCUT2D eigenvalue weighted by Crippen LogP contribution is 2.66. The predicted molar refractivity (Wildman–Crippen MR) is 87.2 cm³/mol. The van der Waals surface area contributed by atoms with Crippen molar-refractivity contribution in [2.24, 2.45) is 16.7 Å². The smallest absolute Gasteiger partial charge is 0.0665 e. The fraction of sp³-hybridized carbons (Fsp3) is 0.684. The van der Waals surface area contributed by atoms with Crippen molar-refractivity contribution in [1.82, 2.24) is 5.32 Å². The monoisotopic (exact) mass is 287 g/mol. The van der Waals surface area contributed by atoms with Gasteiger partial charge in [-0.15, -0.1) is 0 Å². The van der Waals surface area contributed by atoms with E-state index in [9.17, 15) is 0 Å². The highest BCUT2D eigenvalue weighted by Gasteiger charge is 2.61. The van der Waals surface area contributed by atoms with Gasteiger partial charge in [0.05, 0.1) is 18.8 Å². The predicted octanol–water partition coefficient (Wildman–Crippen LogP) is 4.18. The number of benzene rings is 1. The molecule has 0 spiro atoms. The van der Waals surface area contributed by atoms with Crippen molar-refractivity contribution in [2.75, 3.05) is 13.7 Å². The molecule has 4 unspecified atom stereocenters. The van der Waals surface area contributed by atoms with Crippen LogP contribution in [0.3, 0.4) is 0 Å². The van der Waals surface area contributed by atoms with Crippen molar-refractivity contribution in [1.29, 1.82) is 0 Å². The first-order valence-electron chi connectivity index (χ1n) is 8.33. The molecule has 116 valence electrons. The molecule has 0 radical (unpaired) electrons.